The van der Waals surface area contributed by atoms with Gasteiger partial charge in [-0.1, -0.05) is 12.1 Å². The second-order valence-corrected chi connectivity index (χ2v) is 10.7. The SMILES string of the molecule is Cc1cn2nc(-c3cc(=O)c4cc(C(F)(F)F)cc(C(C)Nc5ccccc5C(=O)OC(C)(C)C)c4o3)ccc2n1. The molecular formula is C30H27F3N4O4. The highest BCUT2D eigenvalue weighted by Gasteiger charge is 2.33. The lowest BCUT2D eigenvalue weighted by atomic mass is 9.99. The van der Waals surface area contributed by atoms with Crippen molar-refractivity contribution in [1.29, 1.82) is 0 Å². The quantitative estimate of drug-likeness (QED) is 0.231. The zero-order valence-electron chi connectivity index (χ0n) is 23.0. The maximum atomic E-state index is 13.9. The smallest absolute Gasteiger partial charge is 0.416 e. The number of nitrogens with one attached hydrogen (secondary N) is 1. The van der Waals surface area contributed by atoms with Crippen LogP contribution in [0.2, 0.25) is 0 Å². The van der Waals surface area contributed by atoms with Gasteiger partial charge in [0.05, 0.1) is 34.4 Å². The van der Waals surface area contributed by atoms with Crippen molar-refractivity contribution in [3.05, 3.63) is 93.4 Å². The van der Waals surface area contributed by atoms with Crippen molar-refractivity contribution in [2.24, 2.45) is 0 Å². The molecule has 1 unspecified atom stereocenters. The molecule has 0 amide bonds. The number of hydrogen-bond acceptors (Lipinski definition) is 7. The van der Waals surface area contributed by atoms with Crippen molar-refractivity contribution in [1.82, 2.24) is 14.6 Å². The first-order valence-electron chi connectivity index (χ1n) is 12.8. The Morgan fingerprint density at radius 1 is 1.07 bits per heavy atom. The second kappa shape index (κ2) is 10.1. The monoisotopic (exact) mass is 564 g/mol. The number of carbonyl (C=O) groups is 1. The molecule has 3 heterocycles. The van der Waals surface area contributed by atoms with E-state index in [1.807, 2.05) is 6.92 Å². The zero-order valence-corrected chi connectivity index (χ0v) is 23.0. The van der Waals surface area contributed by atoms with Gasteiger partial charge in [-0.15, -0.1) is 0 Å². The molecule has 2 aromatic carbocycles. The number of anilines is 1. The predicted octanol–water partition coefficient (Wildman–Crippen LogP) is 6.96. The van der Waals surface area contributed by atoms with Crippen LogP contribution in [-0.2, 0) is 10.9 Å². The Morgan fingerprint density at radius 2 is 1.80 bits per heavy atom. The van der Waals surface area contributed by atoms with E-state index in [9.17, 15) is 22.8 Å². The number of alkyl halides is 3. The number of halogens is 3. The fraction of sp³-hybridized carbons (Fsp3) is 0.267. The van der Waals surface area contributed by atoms with Crippen molar-refractivity contribution in [3.8, 4) is 11.5 Å². The summed E-state index contributed by atoms with van der Waals surface area (Å²) in [6.45, 7) is 8.63. The predicted molar refractivity (Wildman–Crippen MR) is 148 cm³/mol. The Morgan fingerprint density at radius 3 is 2.51 bits per heavy atom. The van der Waals surface area contributed by atoms with E-state index in [1.54, 1.807) is 70.3 Å². The number of fused-ring (bicyclic) bond motifs is 2. The number of benzene rings is 2. The number of aryl methyl sites for hydroxylation is 1. The highest BCUT2D eigenvalue weighted by atomic mass is 19.4. The van der Waals surface area contributed by atoms with Crippen LogP contribution in [0.4, 0.5) is 18.9 Å². The van der Waals surface area contributed by atoms with Crippen LogP contribution in [0, 0.1) is 6.92 Å². The lowest BCUT2D eigenvalue weighted by Crippen LogP contribution is -2.24. The minimum atomic E-state index is -4.71. The third-order valence-corrected chi connectivity index (χ3v) is 6.26. The fourth-order valence-corrected chi connectivity index (χ4v) is 4.46. The Labute approximate surface area is 232 Å². The molecule has 8 nitrogen and oxygen atoms in total. The number of esters is 1. The van der Waals surface area contributed by atoms with Crippen molar-refractivity contribution >= 4 is 28.3 Å². The molecule has 5 rings (SSSR count). The molecule has 3 aromatic heterocycles. The van der Waals surface area contributed by atoms with Crippen LogP contribution in [0.3, 0.4) is 0 Å². The van der Waals surface area contributed by atoms with Crippen LogP contribution in [-0.4, -0.2) is 26.2 Å². The van der Waals surface area contributed by atoms with Gasteiger partial charge >= 0.3 is 12.1 Å². The molecule has 0 fully saturated rings. The first kappa shape index (κ1) is 27.9. The minimum absolute atomic E-state index is 0.0287. The molecule has 212 valence electrons. The molecule has 0 saturated heterocycles. The van der Waals surface area contributed by atoms with Gasteiger partial charge in [-0.05, 0) is 71.0 Å². The van der Waals surface area contributed by atoms with Crippen LogP contribution < -0.4 is 10.7 Å². The van der Waals surface area contributed by atoms with Gasteiger partial charge in [0.25, 0.3) is 0 Å². The second-order valence-electron chi connectivity index (χ2n) is 10.7. The van der Waals surface area contributed by atoms with Gasteiger partial charge in [0.1, 0.15) is 16.9 Å². The summed E-state index contributed by atoms with van der Waals surface area (Å²) in [7, 11) is 0. The van der Waals surface area contributed by atoms with Crippen molar-refractivity contribution in [2.45, 2.75) is 52.4 Å². The summed E-state index contributed by atoms with van der Waals surface area (Å²) in [5.41, 5.74) is -0.168. The molecular weight excluding hydrogens is 537 g/mol. The van der Waals surface area contributed by atoms with Gasteiger partial charge in [-0.25, -0.2) is 14.3 Å². The number of carbonyl (C=O) groups excluding carboxylic acids is 1. The Balaban J connectivity index is 1.63. The number of imidazole rings is 1. The number of nitrogens with zero attached hydrogens (tertiary/aromatic N) is 3. The normalized spacial score (nSPS) is 13.0. The summed E-state index contributed by atoms with van der Waals surface area (Å²) in [6.07, 6.45) is -3.01. The van der Waals surface area contributed by atoms with E-state index in [0.29, 0.717) is 17.0 Å². The third-order valence-electron chi connectivity index (χ3n) is 6.26. The first-order chi connectivity index (χ1) is 19.2. The van der Waals surface area contributed by atoms with Gasteiger partial charge in [0.2, 0.25) is 0 Å². The maximum absolute atomic E-state index is 13.9. The van der Waals surface area contributed by atoms with Gasteiger partial charge < -0.3 is 14.5 Å². The van der Waals surface area contributed by atoms with Crippen molar-refractivity contribution in [3.63, 3.8) is 0 Å². The van der Waals surface area contributed by atoms with E-state index in [4.69, 9.17) is 9.15 Å². The first-order valence-corrected chi connectivity index (χ1v) is 12.8. The van der Waals surface area contributed by atoms with Gasteiger partial charge in [0.15, 0.2) is 16.8 Å². The average molecular weight is 565 g/mol. The number of ether oxygens (including phenoxy) is 1. The number of para-hydroxylation sites is 1. The molecule has 0 aliphatic carbocycles. The van der Waals surface area contributed by atoms with E-state index < -0.39 is 34.8 Å². The van der Waals surface area contributed by atoms with E-state index in [-0.39, 0.29) is 27.9 Å². The highest BCUT2D eigenvalue weighted by molar-refractivity contribution is 5.96. The van der Waals surface area contributed by atoms with Crippen molar-refractivity contribution < 1.29 is 27.1 Å². The number of hydrogen-bond donors (Lipinski definition) is 1. The van der Waals surface area contributed by atoms with E-state index in [2.05, 4.69) is 15.4 Å². The van der Waals surface area contributed by atoms with E-state index >= 15 is 0 Å². The summed E-state index contributed by atoms with van der Waals surface area (Å²) < 4.78 is 54.8. The molecule has 0 saturated carbocycles. The fourth-order valence-electron chi connectivity index (χ4n) is 4.46. The van der Waals surface area contributed by atoms with Crippen LogP contribution in [0.5, 0.6) is 0 Å². The maximum Gasteiger partial charge on any atom is 0.416 e. The Kier molecular flexibility index (Phi) is 6.84. The average Bonchev–Trinajstić information content (AvgIpc) is 3.26. The van der Waals surface area contributed by atoms with Crippen LogP contribution in [0.1, 0.15) is 60.9 Å². The van der Waals surface area contributed by atoms with Gasteiger partial charge in [-0.2, -0.15) is 18.3 Å². The third kappa shape index (κ3) is 5.79. The topological polar surface area (TPSA) is 98.7 Å². The number of aromatic nitrogens is 3. The molecule has 0 bridgehead atoms. The number of rotatable bonds is 5. The van der Waals surface area contributed by atoms with Crippen LogP contribution >= 0.6 is 0 Å². The molecule has 0 aliphatic heterocycles. The van der Waals surface area contributed by atoms with Crippen LogP contribution in [0.15, 0.2) is 70.0 Å². The molecule has 1 N–H and O–H groups in total. The summed E-state index contributed by atoms with van der Waals surface area (Å²) in [5.74, 6) is -0.509. The molecule has 0 spiro atoms. The lowest BCUT2D eigenvalue weighted by Gasteiger charge is -2.23. The lowest BCUT2D eigenvalue weighted by molar-refractivity contribution is -0.137. The highest BCUT2D eigenvalue weighted by Crippen LogP contribution is 2.37. The molecule has 0 radical (unpaired) electrons. The zero-order chi connectivity index (χ0) is 29.7. The van der Waals surface area contributed by atoms with E-state index in [1.165, 1.54) is 4.52 Å². The molecule has 5 aromatic rings. The standard InChI is InChI=1S/C30H27F3N4O4/c1-16-15-37-26(34-16)11-10-23(36-37)25-14-24(38)21-13-18(30(31,32)33)12-20(27(21)40-25)17(2)35-22-9-7-6-8-19(22)28(39)41-29(3,4)5/h6-15,17,35H,1-5H3. The Bertz CT molecular complexity index is 1850. The summed E-state index contributed by atoms with van der Waals surface area (Å²) in [4.78, 5) is 30.4. The molecule has 41 heavy (non-hydrogen) atoms. The van der Waals surface area contributed by atoms with Gasteiger partial charge in [0, 0.05) is 17.3 Å². The molecule has 1 atom stereocenters. The molecule has 0 aliphatic rings. The summed E-state index contributed by atoms with van der Waals surface area (Å²) in [5, 5.41) is 7.33. The Hall–Kier alpha value is -4.67. The van der Waals surface area contributed by atoms with Crippen molar-refractivity contribution in [2.75, 3.05) is 5.32 Å². The minimum Gasteiger partial charge on any atom is -0.456 e. The largest absolute Gasteiger partial charge is 0.456 e. The summed E-state index contributed by atoms with van der Waals surface area (Å²) >= 11 is 0. The van der Waals surface area contributed by atoms with Crippen LogP contribution in [0.25, 0.3) is 28.1 Å². The van der Waals surface area contributed by atoms with E-state index in [0.717, 1.165) is 23.9 Å². The summed E-state index contributed by atoms with van der Waals surface area (Å²) in [6, 6.07) is 11.9. The van der Waals surface area contributed by atoms with Gasteiger partial charge in [-0.3, -0.25) is 4.79 Å². The molecule has 11 heteroatoms.